The van der Waals surface area contributed by atoms with Crippen LogP contribution in [0.2, 0.25) is 0 Å². The number of alkyl carbamates (subject to hydrolysis) is 1. The van der Waals surface area contributed by atoms with Crippen molar-refractivity contribution >= 4 is 23.4 Å². The topological polar surface area (TPSA) is 87.6 Å². The molecule has 0 fully saturated rings. The number of ether oxygens (including phenoxy) is 1. The Kier molecular flexibility index (Phi) is 7.66. The van der Waals surface area contributed by atoms with Gasteiger partial charge in [-0.25, -0.2) is 9.78 Å². The van der Waals surface area contributed by atoms with Crippen LogP contribution in [0.3, 0.4) is 0 Å². The Morgan fingerprint density at radius 3 is 2.32 bits per heavy atom. The summed E-state index contributed by atoms with van der Waals surface area (Å²) in [7, 11) is 1.71. The second kappa shape index (κ2) is 9.03. The summed E-state index contributed by atoms with van der Waals surface area (Å²) < 4.78 is 5.18. The van der Waals surface area contributed by atoms with E-state index in [9.17, 15) is 4.79 Å². The standard InChI is InChI=1S/C17H31N5O2S/c1-16(2,3)13-22-12(11-25-13)10-21-14(18-7)19-8-9-20-15(23)24-17(4,5)6/h11H,8-10H2,1-7H3,(H,20,23)(H2,18,19,21). The highest BCUT2D eigenvalue weighted by Crippen LogP contribution is 2.25. The number of thiazole rings is 1. The lowest BCUT2D eigenvalue weighted by Gasteiger charge is -2.19. The van der Waals surface area contributed by atoms with Crippen molar-refractivity contribution in [3.8, 4) is 0 Å². The number of nitrogens with one attached hydrogen (secondary N) is 3. The average Bonchev–Trinajstić information content (AvgIpc) is 2.93. The molecule has 142 valence electrons. The molecule has 25 heavy (non-hydrogen) atoms. The molecule has 0 aliphatic heterocycles. The van der Waals surface area contributed by atoms with Gasteiger partial charge in [-0.3, -0.25) is 4.99 Å². The number of aliphatic imine (C=N–C) groups is 1. The largest absolute Gasteiger partial charge is 0.444 e. The average molecular weight is 370 g/mol. The van der Waals surface area contributed by atoms with Gasteiger partial charge >= 0.3 is 6.09 Å². The molecule has 1 aromatic rings. The molecule has 3 N–H and O–H groups in total. The quantitative estimate of drug-likeness (QED) is 0.422. The van der Waals surface area contributed by atoms with Crippen LogP contribution in [0.25, 0.3) is 0 Å². The fourth-order valence-electron chi connectivity index (χ4n) is 1.79. The third-order valence-electron chi connectivity index (χ3n) is 2.94. The van der Waals surface area contributed by atoms with Crippen molar-refractivity contribution in [2.45, 2.75) is 59.1 Å². The molecule has 0 spiro atoms. The first-order chi connectivity index (χ1) is 11.5. The summed E-state index contributed by atoms with van der Waals surface area (Å²) in [5.41, 5.74) is 0.565. The van der Waals surface area contributed by atoms with Crippen molar-refractivity contribution < 1.29 is 9.53 Å². The maximum absolute atomic E-state index is 11.6. The third-order valence-corrected chi connectivity index (χ3v) is 4.26. The molecule has 0 radical (unpaired) electrons. The van der Waals surface area contributed by atoms with Gasteiger partial charge in [0.25, 0.3) is 0 Å². The Hall–Kier alpha value is -1.83. The highest BCUT2D eigenvalue weighted by atomic mass is 32.1. The molecule has 0 atom stereocenters. The molecule has 1 aromatic heterocycles. The second-order valence-corrected chi connectivity index (χ2v) is 8.53. The fourth-order valence-corrected chi connectivity index (χ4v) is 2.69. The third kappa shape index (κ3) is 8.72. The summed E-state index contributed by atoms with van der Waals surface area (Å²) in [6, 6.07) is 0. The lowest BCUT2D eigenvalue weighted by Crippen LogP contribution is -2.42. The van der Waals surface area contributed by atoms with Crippen LogP contribution in [0, 0.1) is 0 Å². The number of hydrogen-bond acceptors (Lipinski definition) is 5. The lowest BCUT2D eigenvalue weighted by atomic mass is 9.98. The maximum atomic E-state index is 11.6. The number of hydrogen-bond donors (Lipinski definition) is 3. The number of aromatic nitrogens is 1. The van der Waals surface area contributed by atoms with E-state index in [1.54, 1.807) is 18.4 Å². The van der Waals surface area contributed by atoms with E-state index in [0.717, 1.165) is 10.7 Å². The fraction of sp³-hybridized carbons (Fsp3) is 0.706. The van der Waals surface area contributed by atoms with E-state index in [1.807, 2.05) is 20.8 Å². The van der Waals surface area contributed by atoms with Crippen LogP contribution in [0.15, 0.2) is 10.4 Å². The molecule has 0 unspecified atom stereocenters. The van der Waals surface area contributed by atoms with E-state index in [0.29, 0.717) is 25.6 Å². The summed E-state index contributed by atoms with van der Waals surface area (Å²) in [5, 5.41) is 12.2. The molecule has 1 rings (SSSR count). The van der Waals surface area contributed by atoms with Gasteiger partial charge in [0.05, 0.1) is 17.2 Å². The molecular formula is C17H31N5O2S. The van der Waals surface area contributed by atoms with Crippen molar-refractivity contribution in [3.05, 3.63) is 16.1 Å². The monoisotopic (exact) mass is 369 g/mol. The van der Waals surface area contributed by atoms with Crippen LogP contribution in [0.4, 0.5) is 4.79 Å². The molecular weight excluding hydrogens is 338 g/mol. The van der Waals surface area contributed by atoms with E-state index >= 15 is 0 Å². The van der Waals surface area contributed by atoms with E-state index in [1.165, 1.54) is 0 Å². The number of carbonyl (C=O) groups excluding carboxylic acids is 1. The minimum atomic E-state index is -0.492. The lowest BCUT2D eigenvalue weighted by molar-refractivity contribution is 0.0529. The van der Waals surface area contributed by atoms with Gasteiger partial charge in [-0.2, -0.15) is 0 Å². The van der Waals surface area contributed by atoms with Crippen LogP contribution < -0.4 is 16.0 Å². The van der Waals surface area contributed by atoms with E-state index in [2.05, 4.69) is 52.1 Å². The number of rotatable bonds is 5. The molecule has 0 aromatic carbocycles. The Labute approximate surface area is 154 Å². The van der Waals surface area contributed by atoms with Crippen LogP contribution in [-0.2, 0) is 16.7 Å². The highest BCUT2D eigenvalue weighted by Gasteiger charge is 2.18. The number of carbonyl (C=O) groups is 1. The second-order valence-electron chi connectivity index (χ2n) is 7.68. The van der Waals surface area contributed by atoms with Gasteiger partial charge < -0.3 is 20.7 Å². The number of nitrogens with zero attached hydrogens (tertiary/aromatic N) is 2. The molecule has 7 nitrogen and oxygen atoms in total. The van der Waals surface area contributed by atoms with Gasteiger partial charge in [-0.05, 0) is 20.8 Å². The van der Waals surface area contributed by atoms with Crippen LogP contribution in [-0.4, -0.2) is 42.8 Å². The molecule has 0 saturated heterocycles. The predicted octanol–water partition coefficient (Wildman–Crippen LogP) is 2.63. The van der Waals surface area contributed by atoms with Crippen LogP contribution >= 0.6 is 11.3 Å². The van der Waals surface area contributed by atoms with Crippen molar-refractivity contribution in [1.29, 1.82) is 0 Å². The van der Waals surface area contributed by atoms with Gasteiger partial charge in [0, 0.05) is 30.9 Å². The Morgan fingerprint density at radius 2 is 1.80 bits per heavy atom. The summed E-state index contributed by atoms with van der Waals surface area (Å²) in [5.74, 6) is 0.663. The first kappa shape index (κ1) is 21.2. The first-order valence-electron chi connectivity index (χ1n) is 8.37. The number of guanidine groups is 1. The zero-order valence-electron chi connectivity index (χ0n) is 16.3. The van der Waals surface area contributed by atoms with Gasteiger partial charge in [-0.15, -0.1) is 11.3 Å². The normalized spacial score (nSPS) is 12.7. The first-order valence-corrected chi connectivity index (χ1v) is 9.25. The highest BCUT2D eigenvalue weighted by molar-refractivity contribution is 7.09. The van der Waals surface area contributed by atoms with E-state index in [-0.39, 0.29) is 5.41 Å². The predicted molar refractivity (Wildman–Crippen MR) is 103 cm³/mol. The van der Waals surface area contributed by atoms with Gasteiger partial charge in [0.2, 0.25) is 0 Å². The molecule has 8 heteroatoms. The summed E-state index contributed by atoms with van der Waals surface area (Å²) >= 11 is 1.67. The van der Waals surface area contributed by atoms with Crippen molar-refractivity contribution in [1.82, 2.24) is 20.9 Å². The van der Waals surface area contributed by atoms with Gasteiger partial charge in [-0.1, -0.05) is 20.8 Å². The smallest absolute Gasteiger partial charge is 0.407 e. The van der Waals surface area contributed by atoms with Gasteiger partial charge in [0.1, 0.15) is 5.60 Å². The van der Waals surface area contributed by atoms with Crippen LogP contribution in [0.5, 0.6) is 0 Å². The number of amides is 1. The Bertz CT molecular complexity index is 585. The SMILES string of the molecule is CN=C(NCCNC(=O)OC(C)(C)C)NCc1csc(C(C)(C)C)n1. The zero-order valence-corrected chi connectivity index (χ0v) is 17.1. The van der Waals surface area contributed by atoms with Crippen molar-refractivity contribution in [2.24, 2.45) is 4.99 Å². The summed E-state index contributed by atoms with van der Waals surface area (Å²) in [6.45, 7) is 13.6. The molecule has 0 saturated carbocycles. The van der Waals surface area contributed by atoms with Gasteiger partial charge in [0.15, 0.2) is 5.96 Å². The van der Waals surface area contributed by atoms with Crippen LogP contribution in [0.1, 0.15) is 52.2 Å². The molecule has 0 aliphatic rings. The minimum Gasteiger partial charge on any atom is -0.444 e. The summed E-state index contributed by atoms with van der Waals surface area (Å²) in [4.78, 5) is 20.4. The zero-order chi connectivity index (χ0) is 19.1. The van der Waals surface area contributed by atoms with E-state index < -0.39 is 11.7 Å². The molecule has 0 aliphatic carbocycles. The summed E-state index contributed by atoms with van der Waals surface area (Å²) in [6.07, 6.45) is -0.422. The Balaban J connectivity index is 2.31. The molecule has 1 heterocycles. The molecule has 0 bridgehead atoms. The van der Waals surface area contributed by atoms with Crippen molar-refractivity contribution in [3.63, 3.8) is 0 Å². The Morgan fingerprint density at radius 1 is 1.16 bits per heavy atom. The van der Waals surface area contributed by atoms with Crippen molar-refractivity contribution in [2.75, 3.05) is 20.1 Å². The minimum absolute atomic E-state index is 0.0656. The molecule has 1 amide bonds. The van der Waals surface area contributed by atoms with E-state index in [4.69, 9.17) is 4.74 Å². The maximum Gasteiger partial charge on any atom is 0.407 e.